The van der Waals surface area contributed by atoms with E-state index in [1.54, 1.807) is 5.79 Å². The second-order valence-electron chi connectivity index (χ2n) is 3.76. The van der Waals surface area contributed by atoms with Crippen LogP contribution in [-0.2, 0) is 0 Å². The van der Waals surface area contributed by atoms with Crippen LogP contribution < -0.4 is 5.79 Å². The van der Waals surface area contributed by atoms with Gasteiger partial charge in [0.1, 0.15) is 0 Å². The molecule has 13 heavy (non-hydrogen) atoms. The molecular weight excluding hydrogens is 390 g/mol. The van der Waals surface area contributed by atoms with Crippen LogP contribution in [0.15, 0.2) is 12.1 Å². The number of hydrogen-bond acceptors (Lipinski definition) is 1. The maximum absolute atomic E-state index is 2.41. The van der Waals surface area contributed by atoms with E-state index < -0.39 is 0 Å². The summed E-state index contributed by atoms with van der Waals surface area (Å²) in [4.78, 5) is 0. The third-order valence-corrected chi connectivity index (χ3v) is 11.4. The van der Waals surface area contributed by atoms with Crippen molar-refractivity contribution in [3.63, 3.8) is 0 Å². The summed E-state index contributed by atoms with van der Waals surface area (Å²) < 4.78 is 5.46. The molecular formula is C10H16SSn2. The second-order valence-corrected chi connectivity index (χ2v) is 18.2. The first-order chi connectivity index (χ1) is 6.08. The molecule has 0 amide bonds. The van der Waals surface area contributed by atoms with Crippen LogP contribution in [0.4, 0.5) is 0 Å². The molecule has 0 unspecified atom stereocenters. The quantitative estimate of drug-likeness (QED) is 0.673. The fourth-order valence-electron chi connectivity index (χ4n) is 1.06. The topological polar surface area (TPSA) is 0 Å². The average molecular weight is 406 g/mol. The van der Waals surface area contributed by atoms with Gasteiger partial charge in [-0.2, -0.15) is 0 Å². The number of thiophene rings is 1. The molecule has 0 nitrogen and oxygen atoms in total. The molecule has 0 fully saturated rings. The van der Waals surface area contributed by atoms with Crippen molar-refractivity contribution < 1.29 is 0 Å². The summed E-state index contributed by atoms with van der Waals surface area (Å²) >= 11 is 1.71. The van der Waals surface area contributed by atoms with E-state index in [9.17, 15) is 0 Å². The van der Waals surface area contributed by atoms with E-state index in [-0.39, 0.29) is 42.3 Å². The molecule has 0 aliphatic carbocycles. The third-order valence-electron chi connectivity index (χ3n) is 1.47. The fraction of sp³-hybridized carbons (Fsp3) is 0.600. The molecule has 0 saturated carbocycles. The Morgan fingerprint density at radius 1 is 0.923 bits per heavy atom. The molecule has 0 atom stereocenters. The molecule has 1 heterocycles. The van der Waals surface area contributed by atoms with Crippen molar-refractivity contribution in [1.82, 2.24) is 0 Å². The predicted octanol–water partition coefficient (Wildman–Crippen LogP) is 2.06. The van der Waals surface area contributed by atoms with Gasteiger partial charge in [0.2, 0.25) is 0 Å². The summed E-state index contributed by atoms with van der Waals surface area (Å²) in [5, 5.41) is 0. The van der Waals surface area contributed by atoms with Gasteiger partial charge >= 0.3 is 107 Å². The van der Waals surface area contributed by atoms with E-state index >= 15 is 0 Å². The Bertz CT molecular complexity index is 229. The summed E-state index contributed by atoms with van der Waals surface area (Å²) in [5.41, 5.74) is 0. The van der Waals surface area contributed by atoms with Gasteiger partial charge in [-0.15, -0.1) is 0 Å². The maximum atomic E-state index is 2.41. The van der Waals surface area contributed by atoms with Gasteiger partial charge in [-0.3, -0.25) is 0 Å². The van der Waals surface area contributed by atoms with Crippen LogP contribution in [0.25, 0.3) is 0 Å². The van der Waals surface area contributed by atoms with Crippen LogP contribution in [-0.4, -0.2) is 42.3 Å². The van der Waals surface area contributed by atoms with Gasteiger partial charge in [0.05, 0.1) is 0 Å². The van der Waals surface area contributed by atoms with Crippen LogP contribution in [0.1, 0.15) is 27.7 Å². The molecule has 0 saturated heterocycles. The Labute approximate surface area is 106 Å². The van der Waals surface area contributed by atoms with E-state index in [1.807, 2.05) is 0 Å². The van der Waals surface area contributed by atoms with Gasteiger partial charge < -0.3 is 0 Å². The molecule has 1 aromatic rings. The van der Waals surface area contributed by atoms with Crippen LogP contribution >= 0.6 is 11.3 Å². The molecule has 0 N–H and O–H groups in total. The predicted molar refractivity (Wildman–Crippen MR) is 65.3 cm³/mol. The standard InChI is InChI=1S/C4H2S.2C3H7.2Sn/c1-2-4-5-3-1;2*1-3-2;;/h1-2H;2*3H,1-2H3;;. The number of rotatable bonds is 4. The van der Waals surface area contributed by atoms with Crippen LogP contribution in [0.2, 0.25) is 7.87 Å². The van der Waals surface area contributed by atoms with Crippen molar-refractivity contribution in [2.75, 3.05) is 0 Å². The van der Waals surface area contributed by atoms with Gasteiger partial charge in [-0.05, 0) is 0 Å². The van der Waals surface area contributed by atoms with Crippen molar-refractivity contribution in [3.05, 3.63) is 12.1 Å². The first kappa shape index (κ1) is 12.4. The zero-order chi connectivity index (χ0) is 9.84. The Hall–Kier alpha value is 1.30. The third kappa shape index (κ3) is 5.07. The van der Waals surface area contributed by atoms with Crippen molar-refractivity contribution in [2.45, 2.75) is 35.6 Å². The van der Waals surface area contributed by atoms with Crippen molar-refractivity contribution in [1.29, 1.82) is 0 Å². The fourth-order valence-corrected chi connectivity index (χ4v) is 14.5. The zero-order valence-corrected chi connectivity index (χ0v) is 15.2. The summed E-state index contributed by atoms with van der Waals surface area (Å²) in [7, 11) is 0. The normalized spacial score (nSPS) is 11.5. The first-order valence-corrected chi connectivity index (χ1v) is 11.7. The monoisotopic (exact) mass is 408 g/mol. The molecule has 0 bridgehead atoms. The van der Waals surface area contributed by atoms with Gasteiger partial charge in [-0.1, -0.05) is 0 Å². The van der Waals surface area contributed by atoms with Gasteiger partial charge in [-0.25, -0.2) is 0 Å². The molecule has 0 aliphatic heterocycles. The summed E-state index contributed by atoms with van der Waals surface area (Å²) in [6.45, 7) is 9.48. The van der Waals surface area contributed by atoms with E-state index in [2.05, 4.69) is 51.2 Å². The minimum absolute atomic E-state index is 0.215. The molecule has 0 spiro atoms. The van der Waals surface area contributed by atoms with Gasteiger partial charge in [0, 0.05) is 0 Å². The molecule has 1 aromatic heterocycles. The summed E-state index contributed by atoms with van der Waals surface area (Å²) in [5.74, 6) is 0. The Morgan fingerprint density at radius 2 is 1.31 bits per heavy atom. The van der Waals surface area contributed by atoms with E-state index in [0.29, 0.717) is 0 Å². The molecule has 70 valence electrons. The molecule has 1 rings (SSSR count). The Morgan fingerprint density at radius 3 is 1.62 bits per heavy atom. The van der Waals surface area contributed by atoms with Crippen molar-refractivity contribution in [2.24, 2.45) is 0 Å². The Kier molecular flexibility index (Phi) is 5.71. The van der Waals surface area contributed by atoms with Crippen LogP contribution in [0, 0.1) is 0 Å². The SMILES string of the molecule is C[CH](C)[Sn][c]1cc[c]([Sn][CH](C)C)s1. The van der Waals surface area contributed by atoms with Crippen molar-refractivity contribution in [3.8, 4) is 0 Å². The minimum atomic E-state index is -0.215. The van der Waals surface area contributed by atoms with Crippen LogP contribution in [0.3, 0.4) is 0 Å². The zero-order valence-electron chi connectivity index (χ0n) is 8.72. The van der Waals surface area contributed by atoms with E-state index in [1.165, 1.54) is 0 Å². The van der Waals surface area contributed by atoms with Crippen LogP contribution in [0.5, 0.6) is 0 Å². The first-order valence-electron chi connectivity index (χ1n) is 4.71. The summed E-state index contributed by atoms with van der Waals surface area (Å²) in [6.07, 6.45) is 0. The molecule has 0 aromatic carbocycles. The average Bonchev–Trinajstić information content (AvgIpc) is 2.33. The van der Waals surface area contributed by atoms with Gasteiger partial charge in [0.25, 0.3) is 0 Å². The van der Waals surface area contributed by atoms with E-state index in [4.69, 9.17) is 0 Å². The number of hydrogen-bond donors (Lipinski definition) is 0. The van der Waals surface area contributed by atoms with Crippen molar-refractivity contribution >= 4 is 59.4 Å². The summed E-state index contributed by atoms with van der Waals surface area (Å²) in [6, 6.07) is 4.82. The molecule has 4 radical (unpaired) electrons. The second kappa shape index (κ2) is 6.01. The Balaban J connectivity index is 2.53. The van der Waals surface area contributed by atoms with E-state index in [0.717, 1.165) is 7.87 Å². The van der Waals surface area contributed by atoms with Gasteiger partial charge in [0.15, 0.2) is 0 Å². The molecule has 3 heteroatoms. The molecule has 0 aliphatic rings.